The summed E-state index contributed by atoms with van der Waals surface area (Å²) in [6.45, 7) is 6.74. The molecule has 0 radical (unpaired) electrons. The molecule has 0 aliphatic rings. The molecule has 1 aromatic carbocycles. The summed E-state index contributed by atoms with van der Waals surface area (Å²) in [5.41, 5.74) is 3.77. The van der Waals surface area contributed by atoms with E-state index in [4.69, 9.17) is 0 Å². The molecule has 0 saturated carbocycles. The number of benzene rings is 1. The number of rotatable bonds is 7. The monoisotopic (exact) mass is 310 g/mol. The summed E-state index contributed by atoms with van der Waals surface area (Å²) in [6, 6.07) is 6.12. The number of hydrogen-bond donors (Lipinski definition) is 3. The number of nitrogens with one attached hydrogen (secondary N) is 2. The zero-order valence-electron chi connectivity index (χ0n) is 13.3. The van der Waals surface area contributed by atoms with E-state index in [2.05, 4.69) is 42.7 Å². The van der Waals surface area contributed by atoms with Crippen molar-refractivity contribution in [2.45, 2.75) is 38.5 Å². The lowest BCUT2D eigenvalue weighted by atomic mass is 10.0. The van der Waals surface area contributed by atoms with E-state index >= 15 is 0 Å². The minimum atomic E-state index is -0.181. The maximum Gasteiger partial charge on any atom is 0.315 e. The van der Waals surface area contributed by atoms with Crippen molar-refractivity contribution in [1.82, 2.24) is 10.6 Å². The van der Waals surface area contributed by atoms with Crippen molar-refractivity contribution in [1.29, 1.82) is 0 Å². The van der Waals surface area contributed by atoms with Gasteiger partial charge in [-0.25, -0.2) is 4.79 Å². The third-order valence-electron chi connectivity index (χ3n) is 3.58. The van der Waals surface area contributed by atoms with Crippen LogP contribution in [-0.2, 0) is 6.42 Å². The van der Waals surface area contributed by atoms with Crippen molar-refractivity contribution in [3.05, 3.63) is 34.9 Å². The molecule has 4 nitrogen and oxygen atoms in total. The molecule has 0 aliphatic heterocycles. The van der Waals surface area contributed by atoms with Gasteiger partial charge in [-0.15, -0.1) is 0 Å². The highest BCUT2D eigenvalue weighted by atomic mass is 32.2. The Labute approximate surface area is 131 Å². The molecule has 0 heterocycles. The van der Waals surface area contributed by atoms with Gasteiger partial charge in [0.15, 0.2) is 0 Å². The molecular formula is C16H26N2O2S. The topological polar surface area (TPSA) is 61.4 Å². The van der Waals surface area contributed by atoms with Gasteiger partial charge in [-0.05, 0) is 44.6 Å². The van der Waals surface area contributed by atoms with Gasteiger partial charge in [-0.2, -0.15) is 11.8 Å². The van der Waals surface area contributed by atoms with Crippen LogP contribution in [0.5, 0.6) is 0 Å². The smallest absolute Gasteiger partial charge is 0.315 e. The molecule has 2 unspecified atom stereocenters. The van der Waals surface area contributed by atoms with Gasteiger partial charge in [-0.3, -0.25) is 0 Å². The normalized spacial score (nSPS) is 13.6. The average Bonchev–Trinajstić information content (AvgIpc) is 2.42. The Balaban J connectivity index is 2.36. The van der Waals surface area contributed by atoms with Crippen LogP contribution < -0.4 is 10.6 Å². The van der Waals surface area contributed by atoms with E-state index < -0.39 is 0 Å². The van der Waals surface area contributed by atoms with Crippen molar-refractivity contribution in [3.8, 4) is 0 Å². The van der Waals surface area contributed by atoms with Gasteiger partial charge in [0.05, 0.1) is 6.61 Å². The fourth-order valence-electron chi connectivity index (χ4n) is 2.22. The molecule has 0 aliphatic carbocycles. The fraction of sp³-hybridized carbons (Fsp3) is 0.562. The summed E-state index contributed by atoms with van der Waals surface area (Å²) in [5, 5.41) is 14.9. The SMILES string of the molecule is CSC(CO)C(C)NC(=O)NCCc1ccc(C)cc1C. The molecule has 0 saturated heterocycles. The van der Waals surface area contributed by atoms with E-state index in [9.17, 15) is 9.90 Å². The number of hydrogen-bond acceptors (Lipinski definition) is 3. The van der Waals surface area contributed by atoms with Gasteiger partial charge < -0.3 is 15.7 Å². The molecule has 3 N–H and O–H groups in total. The summed E-state index contributed by atoms with van der Waals surface area (Å²) in [7, 11) is 0. The number of amides is 2. The van der Waals surface area contributed by atoms with Gasteiger partial charge in [0.2, 0.25) is 0 Å². The van der Waals surface area contributed by atoms with Crippen molar-refractivity contribution in [3.63, 3.8) is 0 Å². The molecule has 1 rings (SSSR count). The van der Waals surface area contributed by atoms with Crippen LogP contribution in [0, 0.1) is 13.8 Å². The second kappa shape index (κ2) is 8.95. The summed E-state index contributed by atoms with van der Waals surface area (Å²) in [4.78, 5) is 11.8. The van der Waals surface area contributed by atoms with Crippen LogP contribution in [0.15, 0.2) is 18.2 Å². The first-order valence-corrected chi connectivity index (χ1v) is 8.50. The Morgan fingerprint density at radius 1 is 1.38 bits per heavy atom. The van der Waals surface area contributed by atoms with E-state index in [1.165, 1.54) is 16.7 Å². The lowest BCUT2D eigenvalue weighted by Crippen LogP contribution is -2.46. The van der Waals surface area contributed by atoms with Gasteiger partial charge in [-0.1, -0.05) is 23.8 Å². The number of thioether (sulfide) groups is 1. The number of carbonyl (C=O) groups is 1. The third kappa shape index (κ3) is 5.98. The van der Waals surface area contributed by atoms with Crippen molar-refractivity contribution < 1.29 is 9.90 Å². The largest absolute Gasteiger partial charge is 0.395 e. The second-order valence-corrected chi connectivity index (χ2v) is 6.40. The van der Waals surface area contributed by atoms with Crippen LogP contribution in [0.1, 0.15) is 23.6 Å². The molecule has 0 aromatic heterocycles. The zero-order chi connectivity index (χ0) is 15.8. The first kappa shape index (κ1) is 17.9. The molecule has 0 bridgehead atoms. The fourth-order valence-corrected chi connectivity index (χ4v) is 2.85. The lowest BCUT2D eigenvalue weighted by Gasteiger charge is -2.21. The molecular weight excluding hydrogens is 284 g/mol. The Kier molecular flexibility index (Phi) is 7.61. The van der Waals surface area contributed by atoms with Crippen LogP contribution in [-0.4, -0.2) is 41.8 Å². The van der Waals surface area contributed by atoms with Crippen molar-refractivity contribution >= 4 is 17.8 Å². The maximum atomic E-state index is 11.8. The van der Waals surface area contributed by atoms with Crippen LogP contribution in [0.4, 0.5) is 4.79 Å². The van der Waals surface area contributed by atoms with E-state index in [1.54, 1.807) is 11.8 Å². The summed E-state index contributed by atoms with van der Waals surface area (Å²) in [6.07, 6.45) is 2.75. The van der Waals surface area contributed by atoms with Crippen LogP contribution in [0.3, 0.4) is 0 Å². The number of carbonyl (C=O) groups excluding carboxylic acids is 1. The Bertz CT molecular complexity index is 462. The van der Waals surface area contributed by atoms with Crippen molar-refractivity contribution in [2.75, 3.05) is 19.4 Å². The third-order valence-corrected chi connectivity index (χ3v) is 4.74. The molecule has 2 amide bonds. The molecule has 2 atom stereocenters. The zero-order valence-corrected chi connectivity index (χ0v) is 14.1. The van der Waals surface area contributed by atoms with Crippen molar-refractivity contribution in [2.24, 2.45) is 0 Å². The summed E-state index contributed by atoms with van der Waals surface area (Å²) in [5.74, 6) is 0. The van der Waals surface area contributed by atoms with E-state index in [0.717, 1.165) is 6.42 Å². The van der Waals surface area contributed by atoms with Crippen LogP contribution in [0.25, 0.3) is 0 Å². The molecule has 21 heavy (non-hydrogen) atoms. The highest BCUT2D eigenvalue weighted by Gasteiger charge is 2.16. The first-order valence-electron chi connectivity index (χ1n) is 7.22. The highest BCUT2D eigenvalue weighted by molar-refractivity contribution is 7.99. The molecule has 5 heteroatoms. The molecule has 1 aromatic rings. The highest BCUT2D eigenvalue weighted by Crippen LogP contribution is 2.11. The minimum Gasteiger partial charge on any atom is -0.395 e. The average molecular weight is 310 g/mol. The molecule has 118 valence electrons. The number of aliphatic hydroxyl groups excluding tert-OH is 1. The Morgan fingerprint density at radius 2 is 2.10 bits per heavy atom. The number of urea groups is 1. The predicted molar refractivity (Wildman–Crippen MR) is 90.0 cm³/mol. The maximum absolute atomic E-state index is 11.8. The van der Waals surface area contributed by atoms with Crippen LogP contribution >= 0.6 is 11.8 Å². The lowest BCUT2D eigenvalue weighted by molar-refractivity contribution is 0.232. The van der Waals surface area contributed by atoms with E-state index in [-0.39, 0.29) is 23.9 Å². The quantitative estimate of drug-likeness (QED) is 0.724. The standard InChI is InChI=1S/C16H26N2O2S/c1-11-5-6-14(12(2)9-11)7-8-17-16(20)18-13(3)15(10-19)21-4/h5-6,9,13,15,19H,7-8,10H2,1-4H3,(H2,17,18,20). The van der Waals surface area contributed by atoms with Gasteiger partial charge in [0.1, 0.15) is 0 Å². The van der Waals surface area contributed by atoms with Gasteiger partial charge >= 0.3 is 6.03 Å². The minimum absolute atomic E-state index is 0.0232. The summed E-state index contributed by atoms with van der Waals surface area (Å²) >= 11 is 1.55. The Morgan fingerprint density at radius 3 is 2.67 bits per heavy atom. The van der Waals surface area contributed by atoms with Gasteiger partial charge in [0.25, 0.3) is 0 Å². The van der Waals surface area contributed by atoms with Crippen LogP contribution in [0.2, 0.25) is 0 Å². The number of aliphatic hydroxyl groups is 1. The molecule has 0 spiro atoms. The van der Waals surface area contributed by atoms with E-state index in [1.807, 2.05) is 13.2 Å². The van der Waals surface area contributed by atoms with E-state index in [0.29, 0.717) is 6.54 Å². The molecule has 0 fully saturated rings. The summed E-state index contributed by atoms with van der Waals surface area (Å²) < 4.78 is 0. The second-order valence-electron chi connectivity index (χ2n) is 5.33. The van der Waals surface area contributed by atoms with Gasteiger partial charge in [0, 0.05) is 17.8 Å². The Hall–Kier alpha value is -1.20. The number of aryl methyl sites for hydroxylation is 2. The predicted octanol–water partition coefficient (Wildman–Crippen LogP) is 2.26. The first-order chi connectivity index (χ1) is 9.97.